The lowest BCUT2D eigenvalue weighted by molar-refractivity contribution is -0.137. The Kier molecular flexibility index (Phi) is 6.43. The molecule has 0 amide bonds. The normalized spacial score (nSPS) is 14.2. The Morgan fingerprint density at radius 1 is 1.24 bits per heavy atom. The highest BCUT2D eigenvalue weighted by atomic mass is 79.9. The summed E-state index contributed by atoms with van der Waals surface area (Å²) in [5.41, 5.74) is 4.97. The van der Waals surface area contributed by atoms with E-state index in [0.29, 0.717) is 0 Å². The van der Waals surface area contributed by atoms with E-state index in [1.165, 1.54) is 6.07 Å². The van der Waals surface area contributed by atoms with Crippen LogP contribution in [0.25, 0.3) is 0 Å². The largest absolute Gasteiger partial charge is 0.416 e. The van der Waals surface area contributed by atoms with Gasteiger partial charge in [-0.1, -0.05) is 15.9 Å². The number of halogens is 4. The van der Waals surface area contributed by atoms with Crippen molar-refractivity contribution in [2.45, 2.75) is 25.8 Å². The average Bonchev–Trinajstić information content (AvgIpc) is 2.36. The summed E-state index contributed by atoms with van der Waals surface area (Å²) < 4.78 is 61.3. The van der Waals surface area contributed by atoms with E-state index >= 15 is 0 Å². The topological polar surface area (TPSA) is 61.5 Å². The van der Waals surface area contributed by atoms with Crippen LogP contribution >= 0.6 is 23.5 Å². The summed E-state index contributed by atoms with van der Waals surface area (Å²) in [6.07, 6.45) is -4.53. The van der Waals surface area contributed by atoms with E-state index in [-0.39, 0.29) is 23.2 Å². The first-order valence-corrected chi connectivity index (χ1v) is 8.56. The Morgan fingerprint density at radius 3 is 2.19 bits per heavy atom. The highest BCUT2D eigenvalue weighted by Crippen LogP contribution is 2.58. The maximum atomic E-state index is 12.8. The van der Waals surface area contributed by atoms with Gasteiger partial charge in [-0.25, -0.2) is 0 Å². The van der Waals surface area contributed by atoms with Crippen LogP contribution in [0.5, 0.6) is 0 Å². The minimum Gasteiger partial charge on any atom is -0.314 e. The molecule has 0 saturated carbocycles. The highest BCUT2D eigenvalue weighted by Gasteiger charge is 2.37. The average molecular weight is 390 g/mol. The van der Waals surface area contributed by atoms with Crippen LogP contribution in [-0.2, 0) is 19.8 Å². The lowest BCUT2D eigenvalue weighted by atomic mass is 10.1. The quantitative estimate of drug-likeness (QED) is 0.716. The lowest BCUT2D eigenvalue weighted by Crippen LogP contribution is -2.16. The van der Waals surface area contributed by atoms with Gasteiger partial charge in [0.15, 0.2) is 0 Å². The maximum Gasteiger partial charge on any atom is 0.416 e. The van der Waals surface area contributed by atoms with Crippen molar-refractivity contribution >= 4 is 23.5 Å². The van der Waals surface area contributed by atoms with Crippen molar-refractivity contribution in [3.8, 4) is 0 Å². The van der Waals surface area contributed by atoms with Crippen LogP contribution in [0, 0.1) is 0 Å². The zero-order valence-corrected chi connectivity index (χ0v) is 14.0. The Balaban J connectivity index is 3.25. The molecule has 9 heteroatoms. The molecule has 21 heavy (non-hydrogen) atoms. The van der Waals surface area contributed by atoms with Crippen molar-refractivity contribution in [2.24, 2.45) is 5.73 Å². The fourth-order valence-electron chi connectivity index (χ4n) is 1.69. The fraction of sp³-hybridized carbons (Fsp3) is 0.500. The first-order valence-electron chi connectivity index (χ1n) is 6.16. The Labute approximate surface area is 129 Å². The molecular formula is C12H16BrF3NO3P. The molecule has 0 heterocycles. The fourth-order valence-corrected chi connectivity index (χ4v) is 3.83. The van der Waals surface area contributed by atoms with Crippen LogP contribution in [0.1, 0.15) is 30.8 Å². The van der Waals surface area contributed by atoms with Crippen molar-refractivity contribution in [2.75, 3.05) is 13.2 Å². The van der Waals surface area contributed by atoms with Crippen molar-refractivity contribution in [1.29, 1.82) is 0 Å². The molecular weight excluding hydrogens is 374 g/mol. The van der Waals surface area contributed by atoms with Gasteiger partial charge in [-0.3, -0.25) is 4.57 Å². The number of hydrogen-bond acceptors (Lipinski definition) is 4. The van der Waals surface area contributed by atoms with Gasteiger partial charge < -0.3 is 14.8 Å². The van der Waals surface area contributed by atoms with Crippen molar-refractivity contribution in [1.82, 2.24) is 0 Å². The number of rotatable bonds is 6. The predicted octanol–water partition coefficient (Wildman–Crippen LogP) is 4.69. The molecule has 0 saturated heterocycles. The van der Waals surface area contributed by atoms with Crippen LogP contribution in [0.2, 0.25) is 0 Å². The second-order valence-electron chi connectivity index (χ2n) is 4.09. The molecule has 0 aromatic heterocycles. The first-order chi connectivity index (χ1) is 9.64. The molecule has 0 unspecified atom stereocenters. The first kappa shape index (κ1) is 18.6. The highest BCUT2D eigenvalue weighted by molar-refractivity contribution is 9.10. The van der Waals surface area contributed by atoms with Gasteiger partial charge in [0.05, 0.1) is 18.8 Å². The Morgan fingerprint density at radius 2 is 1.76 bits per heavy atom. The number of benzene rings is 1. The molecule has 0 radical (unpaired) electrons. The van der Waals surface area contributed by atoms with Gasteiger partial charge in [0, 0.05) is 4.47 Å². The van der Waals surface area contributed by atoms with Crippen LogP contribution in [-0.4, -0.2) is 13.2 Å². The van der Waals surface area contributed by atoms with Crippen molar-refractivity contribution in [3.63, 3.8) is 0 Å². The van der Waals surface area contributed by atoms with Gasteiger partial charge in [0.1, 0.15) is 5.78 Å². The van der Waals surface area contributed by atoms with E-state index < -0.39 is 25.1 Å². The van der Waals surface area contributed by atoms with Crippen LogP contribution in [0.15, 0.2) is 22.7 Å². The third-order valence-electron chi connectivity index (χ3n) is 2.55. The molecule has 4 nitrogen and oxygen atoms in total. The monoisotopic (exact) mass is 389 g/mol. The zero-order valence-electron chi connectivity index (χ0n) is 11.5. The minimum atomic E-state index is -4.53. The molecule has 0 fully saturated rings. The third kappa shape index (κ3) is 4.79. The van der Waals surface area contributed by atoms with Crippen molar-refractivity contribution < 1.29 is 26.8 Å². The smallest absolute Gasteiger partial charge is 0.314 e. The number of hydrogen-bond donors (Lipinski definition) is 1. The summed E-state index contributed by atoms with van der Waals surface area (Å²) in [5.74, 6) is -1.30. The molecule has 1 aromatic rings. The second-order valence-corrected chi connectivity index (χ2v) is 7.16. The van der Waals surface area contributed by atoms with E-state index in [1.54, 1.807) is 13.8 Å². The van der Waals surface area contributed by atoms with E-state index in [9.17, 15) is 17.7 Å². The van der Waals surface area contributed by atoms with Crippen LogP contribution < -0.4 is 5.73 Å². The maximum absolute atomic E-state index is 12.8. The molecule has 2 N–H and O–H groups in total. The Hall–Kier alpha value is -0.400. The van der Waals surface area contributed by atoms with E-state index in [2.05, 4.69) is 15.9 Å². The minimum absolute atomic E-state index is 0.0296. The van der Waals surface area contributed by atoms with E-state index in [1.807, 2.05) is 0 Å². The van der Waals surface area contributed by atoms with Gasteiger partial charge in [-0.05, 0) is 37.6 Å². The summed E-state index contributed by atoms with van der Waals surface area (Å²) in [6.45, 7) is 3.34. The summed E-state index contributed by atoms with van der Waals surface area (Å²) in [6, 6.07) is 3.13. The van der Waals surface area contributed by atoms with Crippen LogP contribution in [0.3, 0.4) is 0 Å². The van der Waals surface area contributed by atoms with Gasteiger partial charge in [-0.2, -0.15) is 13.2 Å². The standard InChI is InChI=1S/C12H16BrF3NO3P/c1-3-19-21(18,20-4-2)11(17)8-5-9(12(14,15)16)7-10(13)6-8/h5-7,11H,3-4,17H2,1-2H3/t11-/m1/s1. The van der Waals surface area contributed by atoms with Gasteiger partial charge >= 0.3 is 13.8 Å². The molecule has 1 aromatic carbocycles. The van der Waals surface area contributed by atoms with Gasteiger partial charge in [0.2, 0.25) is 0 Å². The molecule has 0 aliphatic rings. The summed E-state index contributed by atoms with van der Waals surface area (Å²) in [5, 5.41) is 0. The molecule has 1 atom stereocenters. The summed E-state index contributed by atoms with van der Waals surface area (Å²) >= 11 is 2.99. The van der Waals surface area contributed by atoms with E-state index in [0.717, 1.165) is 12.1 Å². The summed E-state index contributed by atoms with van der Waals surface area (Å²) in [4.78, 5) is 0. The Bertz CT molecular complexity index is 529. The second kappa shape index (κ2) is 7.24. The third-order valence-corrected chi connectivity index (χ3v) is 5.22. The molecule has 120 valence electrons. The van der Waals surface area contributed by atoms with Gasteiger partial charge in [-0.15, -0.1) is 0 Å². The predicted molar refractivity (Wildman–Crippen MR) is 76.9 cm³/mol. The van der Waals surface area contributed by atoms with Crippen LogP contribution in [0.4, 0.5) is 13.2 Å². The van der Waals surface area contributed by atoms with Gasteiger partial charge in [0.25, 0.3) is 0 Å². The summed E-state index contributed by atoms with van der Waals surface area (Å²) in [7, 11) is -3.73. The molecule has 0 aliphatic heterocycles. The number of alkyl halides is 3. The SMILES string of the molecule is CCOP(=O)(OCC)[C@@H](N)c1cc(Br)cc(C(F)(F)F)c1. The van der Waals surface area contributed by atoms with Crippen molar-refractivity contribution in [3.05, 3.63) is 33.8 Å². The lowest BCUT2D eigenvalue weighted by Gasteiger charge is -2.24. The zero-order chi connectivity index (χ0) is 16.3. The molecule has 1 rings (SSSR count). The molecule has 0 bridgehead atoms. The molecule has 0 aliphatic carbocycles. The molecule has 0 spiro atoms. The van der Waals surface area contributed by atoms with E-state index in [4.69, 9.17) is 14.8 Å². The number of nitrogens with two attached hydrogens (primary N) is 1.